The van der Waals surface area contributed by atoms with Crippen molar-refractivity contribution < 1.29 is 28.9 Å². The van der Waals surface area contributed by atoms with Crippen LogP contribution in [0.5, 0.6) is 17.2 Å². The minimum Gasteiger partial charge on any atom is -0.490 e. The van der Waals surface area contributed by atoms with Crippen LogP contribution >= 0.6 is 0 Å². The number of hydrogen-bond acceptors (Lipinski definition) is 5. The smallest absolute Gasteiger partial charge is 0.326 e. The van der Waals surface area contributed by atoms with Gasteiger partial charge in [0.1, 0.15) is 6.04 Å². The molecule has 1 atom stereocenters. The van der Waals surface area contributed by atoms with Gasteiger partial charge in [0, 0.05) is 5.56 Å². The molecule has 0 heterocycles. The van der Waals surface area contributed by atoms with Crippen LogP contribution in [0.25, 0.3) is 0 Å². The highest BCUT2D eigenvalue weighted by Gasteiger charge is 2.24. The summed E-state index contributed by atoms with van der Waals surface area (Å²) in [6.07, 6.45) is 2.75. The highest BCUT2D eigenvalue weighted by atomic mass is 16.5. The van der Waals surface area contributed by atoms with E-state index in [1.165, 1.54) is 0 Å². The van der Waals surface area contributed by atoms with Crippen LogP contribution in [0.15, 0.2) is 12.1 Å². The lowest BCUT2D eigenvalue weighted by Crippen LogP contribution is -2.41. The maximum absolute atomic E-state index is 12.8. The molecule has 164 valence electrons. The van der Waals surface area contributed by atoms with Gasteiger partial charge in [-0.15, -0.1) is 0 Å². The lowest BCUT2D eigenvalue weighted by molar-refractivity contribution is -0.139. The van der Waals surface area contributed by atoms with Gasteiger partial charge in [0.2, 0.25) is 5.75 Å². The monoisotopic (exact) mass is 409 g/mol. The summed E-state index contributed by atoms with van der Waals surface area (Å²) in [6.45, 7) is 11.2. The normalized spacial score (nSPS) is 11.8. The van der Waals surface area contributed by atoms with Crippen LogP contribution in [0.1, 0.15) is 70.7 Å². The number of nitrogens with one attached hydrogen (secondary N) is 1. The highest BCUT2D eigenvalue weighted by Crippen LogP contribution is 2.39. The molecule has 1 aromatic carbocycles. The second-order valence-corrected chi connectivity index (χ2v) is 7.34. The van der Waals surface area contributed by atoms with Crippen LogP contribution in [-0.2, 0) is 4.79 Å². The van der Waals surface area contributed by atoms with Crippen LogP contribution in [0.2, 0.25) is 0 Å². The number of amides is 1. The fraction of sp³-hybridized carbons (Fsp3) is 0.636. The zero-order valence-corrected chi connectivity index (χ0v) is 18.2. The van der Waals surface area contributed by atoms with E-state index in [-0.39, 0.29) is 11.5 Å². The Bertz CT molecular complexity index is 630. The third-order valence-electron chi connectivity index (χ3n) is 3.97. The SMILES string of the molecule is CCCOc1cc(C(=O)N[C@@H](CC(C)C)C(=O)O)cc(OCCC)c1OCCC. The Hall–Kier alpha value is -2.44. The second-order valence-electron chi connectivity index (χ2n) is 7.34. The molecule has 7 heteroatoms. The predicted octanol–water partition coefficient (Wildman–Crippen LogP) is 4.28. The molecule has 0 aliphatic rings. The summed E-state index contributed by atoms with van der Waals surface area (Å²) in [5.41, 5.74) is 0.279. The summed E-state index contributed by atoms with van der Waals surface area (Å²) in [6, 6.07) is 2.21. The first-order chi connectivity index (χ1) is 13.8. The topological polar surface area (TPSA) is 94.1 Å². The number of rotatable bonds is 14. The molecule has 0 radical (unpaired) electrons. The average Bonchev–Trinajstić information content (AvgIpc) is 2.68. The molecular weight excluding hydrogens is 374 g/mol. The van der Waals surface area contributed by atoms with Crippen molar-refractivity contribution in [2.24, 2.45) is 5.92 Å². The molecule has 0 spiro atoms. The van der Waals surface area contributed by atoms with Gasteiger partial charge in [0.25, 0.3) is 5.91 Å². The molecule has 7 nitrogen and oxygen atoms in total. The number of ether oxygens (including phenoxy) is 3. The number of carbonyl (C=O) groups excluding carboxylic acids is 1. The number of carboxylic acids is 1. The van der Waals surface area contributed by atoms with Crippen LogP contribution in [-0.4, -0.2) is 42.8 Å². The minimum absolute atomic E-state index is 0.133. The van der Waals surface area contributed by atoms with E-state index >= 15 is 0 Å². The van der Waals surface area contributed by atoms with E-state index in [0.29, 0.717) is 43.5 Å². The Balaban J connectivity index is 3.25. The van der Waals surface area contributed by atoms with E-state index in [2.05, 4.69) is 5.32 Å². The molecule has 0 bridgehead atoms. The van der Waals surface area contributed by atoms with E-state index in [0.717, 1.165) is 19.3 Å². The molecule has 1 aromatic rings. The van der Waals surface area contributed by atoms with Gasteiger partial charge >= 0.3 is 5.97 Å². The second kappa shape index (κ2) is 12.9. The first-order valence-electron chi connectivity index (χ1n) is 10.4. The Labute approximate surface area is 173 Å². The quantitative estimate of drug-likeness (QED) is 0.476. The molecular formula is C22H35NO6. The Morgan fingerprint density at radius 2 is 1.41 bits per heavy atom. The lowest BCUT2D eigenvalue weighted by atomic mass is 10.0. The van der Waals surface area contributed by atoms with Crippen molar-refractivity contribution >= 4 is 11.9 Å². The molecule has 0 aliphatic heterocycles. The van der Waals surface area contributed by atoms with Crippen molar-refractivity contribution in [2.75, 3.05) is 19.8 Å². The van der Waals surface area contributed by atoms with Crippen LogP contribution in [0.4, 0.5) is 0 Å². The van der Waals surface area contributed by atoms with Crippen molar-refractivity contribution in [3.63, 3.8) is 0 Å². The number of benzene rings is 1. The summed E-state index contributed by atoms with van der Waals surface area (Å²) in [7, 11) is 0. The van der Waals surface area contributed by atoms with Crippen LogP contribution in [0, 0.1) is 5.92 Å². The zero-order valence-electron chi connectivity index (χ0n) is 18.2. The van der Waals surface area contributed by atoms with Crippen molar-refractivity contribution in [1.82, 2.24) is 5.32 Å². The summed E-state index contributed by atoms with van der Waals surface area (Å²) < 4.78 is 17.5. The first kappa shape index (κ1) is 24.6. The molecule has 0 aromatic heterocycles. The van der Waals surface area contributed by atoms with Crippen molar-refractivity contribution in [3.8, 4) is 17.2 Å². The fourth-order valence-electron chi connectivity index (χ4n) is 2.63. The predicted molar refractivity (Wildman–Crippen MR) is 112 cm³/mol. The average molecular weight is 410 g/mol. The summed E-state index contributed by atoms with van der Waals surface area (Å²) in [5.74, 6) is -0.0809. The van der Waals surface area contributed by atoms with E-state index in [4.69, 9.17) is 14.2 Å². The molecule has 0 fully saturated rings. The van der Waals surface area contributed by atoms with E-state index in [9.17, 15) is 14.7 Å². The van der Waals surface area contributed by atoms with Gasteiger partial charge in [-0.3, -0.25) is 4.79 Å². The largest absolute Gasteiger partial charge is 0.490 e. The van der Waals surface area contributed by atoms with Gasteiger partial charge in [-0.25, -0.2) is 4.79 Å². The van der Waals surface area contributed by atoms with Crippen molar-refractivity contribution in [2.45, 2.75) is 66.3 Å². The number of aliphatic carboxylic acids is 1. The van der Waals surface area contributed by atoms with E-state index < -0.39 is 17.9 Å². The van der Waals surface area contributed by atoms with Gasteiger partial charge < -0.3 is 24.6 Å². The molecule has 1 amide bonds. The first-order valence-corrected chi connectivity index (χ1v) is 10.4. The minimum atomic E-state index is -1.06. The van der Waals surface area contributed by atoms with Gasteiger partial charge in [0.15, 0.2) is 11.5 Å². The molecule has 1 rings (SSSR count). The molecule has 0 aliphatic carbocycles. The van der Waals surface area contributed by atoms with Gasteiger partial charge in [-0.1, -0.05) is 34.6 Å². The standard InChI is InChI=1S/C22H35NO6/c1-6-9-27-18-13-16(21(24)23-17(22(25)26)12-15(4)5)14-19(28-10-7-2)20(18)29-11-8-3/h13-15,17H,6-12H2,1-5H3,(H,23,24)(H,25,26)/t17-/m0/s1. The lowest BCUT2D eigenvalue weighted by Gasteiger charge is -2.20. The number of carbonyl (C=O) groups is 2. The van der Waals surface area contributed by atoms with Crippen LogP contribution in [0.3, 0.4) is 0 Å². The number of carboxylic acid groups (broad SMARTS) is 1. The fourth-order valence-corrected chi connectivity index (χ4v) is 2.63. The molecule has 0 unspecified atom stereocenters. The number of hydrogen-bond donors (Lipinski definition) is 2. The van der Waals surface area contributed by atoms with E-state index in [1.807, 2.05) is 34.6 Å². The highest BCUT2D eigenvalue weighted by molar-refractivity contribution is 5.97. The Morgan fingerprint density at radius 3 is 1.83 bits per heavy atom. The van der Waals surface area contributed by atoms with Crippen molar-refractivity contribution in [3.05, 3.63) is 17.7 Å². The Morgan fingerprint density at radius 1 is 0.931 bits per heavy atom. The van der Waals surface area contributed by atoms with Gasteiger partial charge in [-0.2, -0.15) is 0 Å². The van der Waals surface area contributed by atoms with Crippen LogP contribution < -0.4 is 19.5 Å². The maximum Gasteiger partial charge on any atom is 0.326 e. The zero-order chi connectivity index (χ0) is 21.8. The molecule has 29 heavy (non-hydrogen) atoms. The Kier molecular flexibility index (Phi) is 10.9. The van der Waals surface area contributed by atoms with E-state index in [1.54, 1.807) is 12.1 Å². The maximum atomic E-state index is 12.8. The van der Waals surface area contributed by atoms with Crippen molar-refractivity contribution in [1.29, 1.82) is 0 Å². The summed E-state index contributed by atoms with van der Waals surface area (Å²) in [5, 5.41) is 12.0. The summed E-state index contributed by atoms with van der Waals surface area (Å²) >= 11 is 0. The molecule has 0 saturated carbocycles. The molecule has 2 N–H and O–H groups in total. The van der Waals surface area contributed by atoms with Gasteiger partial charge in [-0.05, 0) is 43.7 Å². The molecule has 0 saturated heterocycles. The summed E-state index contributed by atoms with van der Waals surface area (Å²) in [4.78, 5) is 24.3. The van der Waals surface area contributed by atoms with Gasteiger partial charge in [0.05, 0.1) is 19.8 Å². The third kappa shape index (κ3) is 8.21. The third-order valence-corrected chi connectivity index (χ3v) is 3.97.